The predicted octanol–water partition coefficient (Wildman–Crippen LogP) is 2.58. The van der Waals surface area contributed by atoms with Crippen molar-refractivity contribution >= 4 is 5.69 Å². The lowest BCUT2D eigenvalue weighted by Crippen LogP contribution is -2.24. The second-order valence-electron chi connectivity index (χ2n) is 4.68. The number of para-hydroxylation sites is 1. The van der Waals surface area contributed by atoms with Crippen molar-refractivity contribution in [3.8, 4) is 6.07 Å². The van der Waals surface area contributed by atoms with Crippen LogP contribution in [0.2, 0.25) is 0 Å². The molecule has 1 heterocycles. The Morgan fingerprint density at radius 1 is 1.15 bits per heavy atom. The Morgan fingerprint density at radius 2 is 2.00 bits per heavy atom. The van der Waals surface area contributed by atoms with Gasteiger partial charge in [-0.1, -0.05) is 24.3 Å². The topological polar surface area (TPSA) is 65.9 Å². The third-order valence-corrected chi connectivity index (χ3v) is 3.12. The Hall–Kier alpha value is -2.38. The van der Waals surface area contributed by atoms with Crippen LogP contribution in [0.5, 0.6) is 0 Å². The van der Waals surface area contributed by atoms with Gasteiger partial charge in [0.25, 0.3) is 0 Å². The molecule has 1 aromatic heterocycles. The van der Waals surface area contributed by atoms with Gasteiger partial charge in [-0.3, -0.25) is 9.88 Å². The molecule has 4 heteroatoms. The molecule has 0 amide bonds. The molecule has 102 valence electrons. The summed E-state index contributed by atoms with van der Waals surface area (Å²) in [5.41, 5.74) is 9.01. The van der Waals surface area contributed by atoms with Crippen molar-refractivity contribution < 1.29 is 0 Å². The highest BCUT2D eigenvalue weighted by Gasteiger charge is 2.08. The first kappa shape index (κ1) is 14.0. The number of anilines is 1. The zero-order valence-electron chi connectivity index (χ0n) is 11.4. The third-order valence-electron chi connectivity index (χ3n) is 3.12. The number of hydrogen-bond acceptors (Lipinski definition) is 4. The molecule has 0 atom stereocenters. The molecule has 4 nitrogen and oxygen atoms in total. The molecule has 2 aromatic rings. The van der Waals surface area contributed by atoms with E-state index >= 15 is 0 Å². The van der Waals surface area contributed by atoms with Crippen molar-refractivity contribution in [3.05, 3.63) is 59.9 Å². The summed E-state index contributed by atoms with van der Waals surface area (Å²) in [6.07, 6.45) is 4.12. The molecular weight excluding hydrogens is 248 g/mol. The van der Waals surface area contributed by atoms with Crippen LogP contribution in [0.1, 0.15) is 17.5 Å². The number of aromatic nitrogens is 1. The number of hydrogen-bond donors (Lipinski definition) is 1. The summed E-state index contributed by atoms with van der Waals surface area (Å²) in [5.74, 6) is 0. The fourth-order valence-electron chi connectivity index (χ4n) is 2.09. The van der Waals surface area contributed by atoms with Crippen LogP contribution in [0.3, 0.4) is 0 Å². The fraction of sp³-hybridized carbons (Fsp3) is 0.250. The summed E-state index contributed by atoms with van der Waals surface area (Å²) in [6.45, 7) is 2.23. The SMILES string of the molecule is N#CCCN(Cc1cccnc1)Cc1ccccc1N. The van der Waals surface area contributed by atoms with Crippen LogP contribution in [0, 0.1) is 11.3 Å². The molecule has 0 aliphatic rings. The summed E-state index contributed by atoms with van der Waals surface area (Å²) in [4.78, 5) is 6.34. The standard InChI is InChI=1S/C16H18N4/c17-8-4-10-20(12-14-5-3-9-19-11-14)13-15-6-1-2-7-16(15)18/h1-3,5-7,9,11H,4,10,12-13,18H2. The van der Waals surface area contributed by atoms with E-state index in [9.17, 15) is 0 Å². The third kappa shape index (κ3) is 4.08. The van der Waals surface area contributed by atoms with Crippen LogP contribution >= 0.6 is 0 Å². The maximum absolute atomic E-state index is 8.79. The quantitative estimate of drug-likeness (QED) is 0.816. The Labute approximate surface area is 119 Å². The molecule has 0 aliphatic carbocycles. The molecule has 0 saturated carbocycles. The van der Waals surface area contributed by atoms with Crippen LogP contribution in [-0.2, 0) is 13.1 Å². The highest BCUT2D eigenvalue weighted by molar-refractivity contribution is 5.46. The van der Waals surface area contributed by atoms with Gasteiger partial charge in [0.15, 0.2) is 0 Å². The highest BCUT2D eigenvalue weighted by Crippen LogP contribution is 2.15. The van der Waals surface area contributed by atoms with E-state index in [-0.39, 0.29) is 0 Å². The number of benzene rings is 1. The summed E-state index contributed by atoms with van der Waals surface area (Å²) in [5, 5.41) is 8.79. The lowest BCUT2D eigenvalue weighted by molar-refractivity contribution is 0.263. The van der Waals surface area contributed by atoms with Gasteiger partial charge in [0.2, 0.25) is 0 Å². The monoisotopic (exact) mass is 266 g/mol. The smallest absolute Gasteiger partial charge is 0.0635 e. The Morgan fingerprint density at radius 3 is 2.70 bits per heavy atom. The summed E-state index contributed by atoms with van der Waals surface area (Å²) in [7, 11) is 0. The molecule has 1 aromatic carbocycles. The lowest BCUT2D eigenvalue weighted by Gasteiger charge is -2.22. The van der Waals surface area contributed by atoms with E-state index in [4.69, 9.17) is 11.0 Å². The normalized spacial score (nSPS) is 10.4. The van der Waals surface area contributed by atoms with Crippen molar-refractivity contribution in [3.63, 3.8) is 0 Å². The summed E-state index contributed by atoms with van der Waals surface area (Å²) >= 11 is 0. The fourth-order valence-corrected chi connectivity index (χ4v) is 2.09. The van der Waals surface area contributed by atoms with Gasteiger partial charge in [-0.15, -0.1) is 0 Å². The average Bonchev–Trinajstić information content (AvgIpc) is 2.48. The first-order chi connectivity index (χ1) is 9.79. The molecule has 0 fully saturated rings. The lowest BCUT2D eigenvalue weighted by atomic mass is 10.1. The zero-order valence-corrected chi connectivity index (χ0v) is 11.4. The Balaban J connectivity index is 2.08. The summed E-state index contributed by atoms with van der Waals surface area (Å²) < 4.78 is 0. The molecule has 2 N–H and O–H groups in total. The van der Waals surface area contributed by atoms with Crippen LogP contribution in [0.15, 0.2) is 48.8 Å². The maximum atomic E-state index is 8.79. The number of pyridine rings is 1. The number of nitriles is 1. The van der Waals surface area contributed by atoms with Crippen molar-refractivity contribution in [1.29, 1.82) is 5.26 Å². The molecular formula is C16H18N4. The van der Waals surface area contributed by atoms with Crippen molar-refractivity contribution in [2.24, 2.45) is 0 Å². The number of nitrogen functional groups attached to an aromatic ring is 1. The first-order valence-corrected chi connectivity index (χ1v) is 6.61. The van der Waals surface area contributed by atoms with E-state index in [0.29, 0.717) is 6.42 Å². The predicted molar refractivity (Wildman–Crippen MR) is 79.4 cm³/mol. The van der Waals surface area contributed by atoms with Gasteiger partial charge in [-0.25, -0.2) is 0 Å². The molecule has 2 rings (SSSR count). The zero-order chi connectivity index (χ0) is 14.2. The van der Waals surface area contributed by atoms with Crippen molar-refractivity contribution in [1.82, 2.24) is 9.88 Å². The second kappa shape index (κ2) is 7.27. The number of nitrogens with zero attached hydrogens (tertiary/aromatic N) is 3. The van der Waals surface area contributed by atoms with E-state index < -0.39 is 0 Å². The minimum absolute atomic E-state index is 0.507. The summed E-state index contributed by atoms with van der Waals surface area (Å²) in [6, 6.07) is 14.0. The van der Waals surface area contributed by atoms with Gasteiger partial charge in [-0.2, -0.15) is 5.26 Å². The van der Waals surface area contributed by atoms with Crippen LogP contribution in [0.25, 0.3) is 0 Å². The molecule has 0 unspecified atom stereocenters. The van der Waals surface area contributed by atoms with Crippen LogP contribution in [0.4, 0.5) is 5.69 Å². The number of nitrogens with two attached hydrogens (primary N) is 1. The first-order valence-electron chi connectivity index (χ1n) is 6.61. The van der Waals surface area contributed by atoms with Crippen molar-refractivity contribution in [2.75, 3.05) is 12.3 Å². The average molecular weight is 266 g/mol. The van der Waals surface area contributed by atoms with Crippen LogP contribution in [-0.4, -0.2) is 16.4 Å². The van der Waals surface area contributed by atoms with E-state index in [0.717, 1.165) is 36.4 Å². The highest BCUT2D eigenvalue weighted by atomic mass is 15.1. The van der Waals surface area contributed by atoms with Gasteiger partial charge in [0.1, 0.15) is 0 Å². The van der Waals surface area contributed by atoms with E-state index in [2.05, 4.69) is 16.0 Å². The molecule has 20 heavy (non-hydrogen) atoms. The Kier molecular flexibility index (Phi) is 5.10. The number of rotatable bonds is 6. The van der Waals surface area contributed by atoms with Crippen LogP contribution < -0.4 is 5.73 Å². The minimum Gasteiger partial charge on any atom is -0.398 e. The maximum Gasteiger partial charge on any atom is 0.0635 e. The molecule has 0 bridgehead atoms. The van der Waals surface area contributed by atoms with E-state index in [1.807, 2.05) is 42.6 Å². The molecule has 0 radical (unpaired) electrons. The largest absolute Gasteiger partial charge is 0.398 e. The van der Waals surface area contributed by atoms with Gasteiger partial charge in [0, 0.05) is 44.1 Å². The van der Waals surface area contributed by atoms with Gasteiger partial charge < -0.3 is 5.73 Å². The minimum atomic E-state index is 0.507. The van der Waals surface area contributed by atoms with E-state index in [1.54, 1.807) is 6.20 Å². The van der Waals surface area contributed by atoms with E-state index in [1.165, 1.54) is 0 Å². The van der Waals surface area contributed by atoms with Gasteiger partial charge in [0.05, 0.1) is 6.07 Å². The Bertz CT molecular complexity index is 575. The van der Waals surface area contributed by atoms with Gasteiger partial charge >= 0.3 is 0 Å². The molecule has 0 saturated heterocycles. The molecule has 0 spiro atoms. The van der Waals surface area contributed by atoms with Crippen molar-refractivity contribution in [2.45, 2.75) is 19.5 Å². The van der Waals surface area contributed by atoms with Gasteiger partial charge in [-0.05, 0) is 23.3 Å². The second-order valence-corrected chi connectivity index (χ2v) is 4.68. The molecule has 0 aliphatic heterocycles.